The van der Waals surface area contributed by atoms with Gasteiger partial charge in [-0.3, -0.25) is 4.79 Å². The lowest BCUT2D eigenvalue weighted by atomic mass is 9.86. The highest BCUT2D eigenvalue weighted by molar-refractivity contribution is 5.93. The monoisotopic (exact) mass is 290 g/mol. The number of carbonyl (C=O) groups excluding carboxylic acids is 1. The van der Waals surface area contributed by atoms with Crippen molar-refractivity contribution in [2.45, 2.75) is 58.6 Å². The summed E-state index contributed by atoms with van der Waals surface area (Å²) in [5, 5.41) is 3.04. The minimum absolute atomic E-state index is 0.0933. The van der Waals surface area contributed by atoms with E-state index in [2.05, 4.69) is 5.32 Å². The number of hydrogen-bond acceptors (Lipinski definition) is 3. The molecule has 2 rings (SSSR count). The summed E-state index contributed by atoms with van der Waals surface area (Å²) in [6, 6.07) is 6.05. The summed E-state index contributed by atoms with van der Waals surface area (Å²) in [6.45, 7) is 5.98. The standard InChI is InChI=1S/C17H26N2O2/c1-11(2)21-15-8-9-16(12(3)10-15)19-17(20)13-4-6-14(18)7-5-13/h8-11,13-14H,4-7,18H2,1-3H3,(H,19,20). The lowest BCUT2D eigenvalue weighted by Gasteiger charge is -2.25. The SMILES string of the molecule is Cc1cc(OC(C)C)ccc1NC(=O)C1CCC(N)CC1. The minimum Gasteiger partial charge on any atom is -0.491 e. The van der Waals surface area contributed by atoms with Gasteiger partial charge < -0.3 is 15.8 Å². The number of anilines is 1. The normalized spacial score (nSPS) is 22.1. The highest BCUT2D eigenvalue weighted by Gasteiger charge is 2.24. The van der Waals surface area contributed by atoms with Crippen molar-refractivity contribution in [3.05, 3.63) is 23.8 Å². The van der Waals surface area contributed by atoms with Gasteiger partial charge in [-0.1, -0.05) is 0 Å². The second-order valence-corrected chi connectivity index (χ2v) is 6.24. The molecule has 0 heterocycles. The molecule has 116 valence electrons. The molecule has 0 aliphatic heterocycles. The van der Waals surface area contributed by atoms with E-state index < -0.39 is 0 Å². The van der Waals surface area contributed by atoms with Gasteiger partial charge in [-0.15, -0.1) is 0 Å². The molecule has 0 aromatic heterocycles. The van der Waals surface area contributed by atoms with Crippen molar-refractivity contribution in [2.24, 2.45) is 11.7 Å². The van der Waals surface area contributed by atoms with Crippen LogP contribution in [0.4, 0.5) is 5.69 Å². The van der Waals surface area contributed by atoms with Gasteiger partial charge in [0.2, 0.25) is 5.91 Å². The van der Waals surface area contributed by atoms with Crippen LogP contribution in [0.1, 0.15) is 45.1 Å². The molecule has 1 aromatic carbocycles. The number of nitrogens with one attached hydrogen (secondary N) is 1. The zero-order chi connectivity index (χ0) is 15.4. The number of carbonyl (C=O) groups is 1. The van der Waals surface area contributed by atoms with E-state index >= 15 is 0 Å². The summed E-state index contributed by atoms with van der Waals surface area (Å²) >= 11 is 0. The summed E-state index contributed by atoms with van der Waals surface area (Å²) in [4.78, 5) is 12.3. The summed E-state index contributed by atoms with van der Waals surface area (Å²) in [5.74, 6) is 1.04. The van der Waals surface area contributed by atoms with E-state index in [1.807, 2.05) is 39.0 Å². The summed E-state index contributed by atoms with van der Waals surface area (Å²) in [7, 11) is 0. The third-order valence-electron chi connectivity index (χ3n) is 3.97. The first kappa shape index (κ1) is 15.8. The topological polar surface area (TPSA) is 64.3 Å². The van der Waals surface area contributed by atoms with Gasteiger partial charge in [-0.25, -0.2) is 0 Å². The molecule has 0 radical (unpaired) electrons. The molecule has 1 fully saturated rings. The maximum Gasteiger partial charge on any atom is 0.227 e. The van der Waals surface area contributed by atoms with Crippen LogP contribution < -0.4 is 15.8 Å². The van der Waals surface area contributed by atoms with Gasteiger partial charge in [0, 0.05) is 17.6 Å². The average Bonchev–Trinajstić information content (AvgIpc) is 2.42. The first-order chi connectivity index (χ1) is 9.95. The zero-order valence-corrected chi connectivity index (χ0v) is 13.2. The molecule has 0 unspecified atom stereocenters. The van der Waals surface area contributed by atoms with Crippen molar-refractivity contribution in [1.82, 2.24) is 0 Å². The van der Waals surface area contributed by atoms with Crippen LogP contribution in [0.3, 0.4) is 0 Å². The number of rotatable bonds is 4. The van der Waals surface area contributed by atoms with E-state index in [9.17, 15) is 4.79 Å². The van der Waals surface area contributed by atoms with Crippen LogP contribution in [0.15, 0.2) is 18.2 Å². The second-order valence-electron chi connectivity index (χ2n) is 6.24. The van der Waals surface area contributed by atoms with E-state index in [0.717, 1.165) is 42.7 Å². The molecule has 0 spiro atoms. The van der Waals surface area contributed by atoms with Gasteiger partial charge in [0.1, 0.15) is 5.75 Å². The Morgan fingerprint density at radius 2 is 1.95 bits per heavy atom. The first-order valence-corrected chi connectivity index (χ1v) is 7.79. The van der Waals surface area contributed by atoms with Gasteiger partial charge in [0.05, 0.1) is 6.10 Å². The van der Waals surface area contributed by atoms with Crippen LogP contribution in [-0.2, 0) is 4.79 Å². The van der Waals surface area contributed by atoms with E-state index in [0.29, 0.717) is 0 Å². The van der Waals surface area contributed by atoms with Crippen LogP contribution in [0, 0.1) is 12.8 Å². The number of amides is 1. The number of hydrogen-bond donors (Lipinski definition) is 2. The maximum atomic E-state index is 12.3. The van der Waals surface area contributed by atoms with Crippen LogP contribution in [0.25, 0.3) is 0 Å². The lowest BCUT2D eigenvalue weighted by Crippen LogP contribution is -2.32. The third-order valence-corrected chi connectivity index (χ3v) is 3.97. The lowest BCUT2D eigenvalue weighted by molar-refractivity contribution is -0.120. The molecule has 1 amide bonds. The zero-order valence-electron chi connectivity index (χ0n) is 13.2. The Kier molecular flexibility index (Phi) is 5.23. The number of benzene rings is 1. The van der Waals surface area contributed by atoms with Crippen LogP contribution in [0.2, 0.25) is 0 Å². The predicted octanol–water partition coefficient (Wildman–Crippen LogP) is 3.24. The molecule has 0 saturated heterocycles. The number of ether oxygens (including phenoxy) is 1. The number of nitrogens with two attached hydrogens (primary N) is 1. The minimum atomic E-state index is 0.0933. The molecule has 4 heteroatoms. The van der Waals surface area contributed by atoms with Gasteiger partial charge in [0.25, 0.3) is 0 Å². The first-order valence-electron chi connectivity index (χ1n) is 7.79. The van der Waals surface area contributed by atoms with E-state index in [-0.39, 0.29) is 24.0 Å². The van der Waals surface area contributed by atoms with Crippen LogP contribution in [-0.4, -0.2) is 18.1 Å². The molecule has 0 atom stereocenters. The molecule has 1 aliphatic rings. The molecule has 0 bridgehead atoms. The summed E-state index contributed by atoms with van der Waals surface area (Å²) in [6.07, 6.45) is 3.81. The molecule has 1 aliphatic carbocycles. The van der Waals surface area contributed by atoms with Crippen molar-refractivity contribution in [2.75, 3.05) is 5.32 Å². The average molecular weight is 290 g/mol. The fourth-order valence-electron chi connectivity index (χ4n) is 2.74. The highest BCUT2D eigenvalue weighted by atomic mass is 16.5. The van der Waals surface area contributed by atoms with Crippen molar-refractivity contribution in [1.29, 1.82) is 0 Å². The third kappa shape index (κ3) is 4.46. The predicted molar refractivity (Wildman–Crippen MR) is 85.5 cm³/mol. The Bertz CT molecular complexity index is 492. The number of aryl methyl sites for hydroxylation is 1. The van der Waals surface area contributed by atoms with Gasteiger partial charge in [-0.2, -0.15) is 0 Å². The van der Waals surface area contributed by atoms with Gasteiger partial charge in [-0.05, 0) is 70.2 Å². The smallest absolute Gasteiger partial charge is 0.227 e. The van der Waals surface area contributed by atoms with Crippen molar-refractivity contribution < 1.29 is 9.53 Å². The second kappa shape index (κ2) is 6.94. The van der Waals surface area contributed by atoms with Crippen LogP contribution in [0.5, 0.6) is 5.75 Å². The quantitative estimate of drug-likeness (QED) is 0.894. The Balaban J connectivity index is 1.97. The summed E-state index contributed by atoms with van der Waals surface area (Å²) < 4.78 is 5.66. The fourth-order valence-corrected chi connectivity index (χ4v) is 2.74. The van der Waals surface area contributed by atoms with Gasteiger partial charge in [0.15, 0.2) is 0 Å². The van der Waals surface area contributed by atoms with E-state index in [4.69, 9.17) is 10.5 Å². The van der Waals surface area contributed by atoms with Crippen molar-refractivity contribution >= 4 is 11.6 Å². The molecular formula is C17H26N2O2. The maximum absolute atomic E-state index is 12.3. The molecule has 1 saturated carbocycles. The van der Waals surface area contributed by atoms with E-state index in [1.165, 1.54) is 0 Å². The van der Waals surface area contributed by atoms with Crippen molar-refractivity contribution in [3.8, 4) is 5.75 Å². The Morgan fingerprint density at radius 1 is 1.29 bits per heavy atom. The Hall–Kier alpha value is -1.55. The molecular weight excluding hydrogens is 264 g/mol. The largest absolute Gasteiger partial charge is 0.491 e. The molecule has 21 heavy (non-hydrogen) atoms. The van der Waals surface area contributed by atoms with Gasteiger partial charge >= 0.3 is 0 Å². The molecule has 4 nitrogen and oxygen atoms in total. The fraction of sp³-hybridized carbons (Fsp3) is 0.588. The summed E-state index contributed by atoms with van der Waals surface area (Å²) in [5.41, 5.74) is 7.77. The van der Waals surface area contributed by atoms with E-state index in [1.54, 1.807) is 0 Å². The van der Waals surface area contributed by atoms with Crippen LogP contribution >= 0.6 is 0 Å². The highest BCUT2D eigenvalue weighted by Crippen LogP contribution is 2.27. The molecule has 1 aromatic rings. The Labute approximate surface area is 127 Å². The van der Waals surface area contributed by atoms with Crippen molar-refractivity contribution in [3.63, 3.8) is 0 Å². The Morgan fingerprint density at radius 3 is 2.52 bits per heavy atom. The molecule has 3 N–H and O–H groups in total.